The number of aromatic nitrogens is 1. The fourth-order valence-corrected chi connectivity index (χ4v) is 3.48. The van der Waals surface area contributed by atoms with Gasteiger partial charge in [-0.1, -0.05) is 11.6 Å². The first kappa shape index (κ1) is 16.8. The summed E-state index contributed by atoms with van der Waals surface area (Å²) in [5, 5.41) is 20.2. The highest BCUT2D eigenvalue weighted by Crippen LogP contribution is 2.39. The summed E-state index contributed by atoms with van der Waals surface area (Å²) in [5.74, 6) is -0.199. The molecule has 3 rings (SSSR count). The number of rotatable bonds is 2. The Bertz CT molecular complexity index is 860. The summed E-state index contributed by atoms with van der Waals surface area (Å²) in [5.41, 5.74) is 0.128. The van der Waals surface area contributed by atoms with E-state index in [-0.39, 0.29) is 29.4 Å². The van der Waals surface area contributed by atoms with Crippen molar-refractivity contribution < 1.29 is 18.3 Å². The molecule has 1 aliphatic heterocycles. The summed E-state index contributed by atoms with van der Waals surface area (Å²) in [6.45, 7) is 1.69. The summed E-state index contributed by atoms with van der Waals surface area (Å²) in [7, 11) is 0. The smallest absolute Gasteiger partial charge is 0.417 e. The number of nitrogens with zero attached hydrogens (tertiary/aromatic N) is 2. The predicted molar refractivity (Wildman–Crippen MR) is 87.9 cm³/mol. The zero-order valence-corrected chi connectivity index (χ0v) is 13.9. The average Bonchev–Trinajstić information content (AvgIpc) is 3.02. The van der Waals surface area contributed by atoms with Crippen LogP contribution in [-0.2, 0) is 6.18 Å². The van der Waals surface area contributed by atoms with Gasteiger partial charge in [0.2, 0.25) is 0 Å². The van der Waals surface area contributed by atoms with E-state index in [0.29, 0.717) is 5.01 Å². The van der Waals surface area contributed by atoms with Crippen molar-refractivity contribution in [1.29, 1.82) is 5.41 Å². The van der Waals surface area contributed by atoms with Crippen molar-refractivity contribution in [3.8, 4) is 0 Å². The van der Waals surface area contributed by atoms with E-state index in [0.717, 1.165) is 17.8 Å². The number of hydrogen-bond acceptors (Lipinski definition) is 4. The fraction of sp³-hybridized carbons (Fsp3) is 0.200. The highest BCUT2D eigenvalue weighted by atomic mass is 35.5. The molecule has 9 heteroatoms. The highest BCUT2D eigenvalue weighted by Gasteiger charge is 2.36. The molecule has 0 aliphatic carbocycles. The molecule has 0 fully saturated rings. The van der Waals surface area contributed by atoms with Crippen LogP contribution in [0.3, 0.4) is 0 Å². The molecule has 0 unspecified atom stereocenters. The summed E-state index contributed by atoms with van der Waals surface area (Å²) >= 11 is 6.88. The second kappa shape index (κ2) is 5.78. The number of aryl methyl sites for hydroxylation is 1. The van der Waals surface area contributed by atoms with Gasteiger partial charge < -0.3 is 10.0 Å². The molecule has 0 spiro atoms. The van der Waals surface area contributed by atoms with Gasteiger partial charge in [0.15, 0.2) is 0 Å². The molecule has 0 saturated heterocycles. The first-order valence-corrected chi connectivity index (χ1v) is 8.02. The number of amidine groups is 1. The minimum absolute atomic E-state index is 0.0915. The maximum Gasteiger partial charge on any atom is 0.417 e. The largest absolute Gasteiger partial charge is 0.510 e. The summed E-state index contributed by atoms with van der Waals surface area (Å²) in [4.78, 5) is 5.51. The second-order valence-corrected chi connectivity index (χ2v) is 6.48. The maximum atomic E-state index is 13.0. The van der Waals surface area contributed by atoms with E-state index in [2.05, 4.69) is 4.98 Å². The molecule has 0 saturated carbocycles. The normalized spacial score (nSPS) is 15.5. The van der Waals surface area contributed by atoms with Crippen molar-refractivity contribution in [2.75, 3.05) is 11.4 Å². The topological polar surface area (TPSA) is 60.2 Å². The van der Waals surface area contributed by atoms with E-state index in [9.17, 15) is 18.3 Å². The van der Waals surface area contributed by atoms with Crippen LogP contribution in [0.25, 0.3) is 5.57 Å². The molecular weight excluding hydrogens is 363 g/mol. The SMILES string of the molecule is Cc1csc(C2=C(O)CN(c3ccc(Cl)c(C(F)(F)F)c3)C2=N)n1. The Hall–Kier alpha value is -2.06. The highest BCUT2D eigenvalue weighted by molar-refractivity contribution is 7.11. The molecule has 1 aromatic carbocycles. The van der Waals surface area contributed by atoms with Crippen LogP contribution in [0.1, 0.15) is 16.3 Å². The number of alkyl halides is 3. The summed E-state index contributed by atoms with van der Waals surface area (Å²) in [6.07, 6.45) is -4.60. The molecule has 1 aliphatic rings. The molecule has 0 amide bonds. The predicted octanol–water partition coefficient (Wildman–Crippen LogP) is 4.89. The van der Waals surface area contributed by atoms with Gasteiger partial charge in [0, 0.05) is 16.8 Å². The lowest BCUT2D eigenvalue weighted by atomic mass is 10.1. The zero-order valence-electron chi connectivity index (χ0n) is 12.3. The Labute approximate surface area is 144 Å². The van der Waals surface area contributed by atoms with Gasteiger partial charge in [-0.25, -0.2) is 4.98 Å². The number of thiazole rings is 1. The second-order valence-electron chi connectivity index (χ2n) is 5.21. The summed E-state index contributed by atoms with van der Waals surface area (Å²) < 4.78 is 39.0. The fourth-order valence-electron chi connectivity index (χ4n) is 2.39. The van der Waals surface area contributed by atoms with E-state index in [1.165, 1.54) is 22.3 Å². The first-order chi connectivity index (χ1) is 11.2. The van der Waals surface area contributed by atoms with Gasteiger partial charge in [0.05, 0.1) is 22.7 Å². The zero-order chi connectivity index (χ0) is 17.6. The first-order valence-electron chi connectivity index (χ1n) is 6.76. The third-order valence-electron chi connectivity index (χ3n) is 3.50. The standard InChI is InChI=1S/C15H11ClF3N3OS/c1-7-6-24-14(21-7)12-11(23)5-22(13(12)20)8-2-3-10(16)9(4-8)15(17,18)19/h2-4,6,20,23H,5H2,1H3. The van der Waals surface area contributed by atoms with Crippen molar-refractivity contribution in [1.82, 2.24) is 4.98 Å². The van der Waals surface area contributed by atoms with Crippen LogP contribution in [0.5, 0.6) is 0 Å². The molecule has 0 radical (unpaired) electrons. The van der Waals surface area contributed by atoms with Crippen molar-refractivity contribution in [2.45, 2.75) is 13.1 Å². The molecule has 0 bridgehead atoms. The van der Waals surface area contributed by atoms with Gasteiger partial charge >= 0.3 is 6.18 Å². The van der Waals surface area contributed by atoms with Gasteiger partial charge in [-0.3, -0.25) is 5.41 Å². The molecule has 2 N–H and O–H groups in total. The number of halogens is 4. The van der Waals surface area contributed by atoms with Crippen molar-refractivity contribution in [3.63, 3.8) is 0 Å². The van der Waals surface area contributed by atoms with Crippen LogP contribution < -0.4 is 4.90 Å². The van der Waals surface area contributed by atoms with Crippen LogP contribution in [0.4, 0.5) is 18.9 Å². The van der Waals surface area contributed by atoms with Crippen molar-refractivity contribution >= 4 is 40.0 Å². The van der Waals surface area contributed by atoms with Gasteiger partial charge in [-0.15, -0.1) is 11.3 Å². The average molecular weight is 374 g/mol. The number of anilines is 1. The van der Waals surface area contributed by atoms with Crippen LogP contribution in [0, 0.1) is 12.3 Å². The van der Waals surface area contributed by atoms with Crippen molar-refractivity contribution in [3.05, 3.63) is 50.6 Å². The van der Waals surface area contributed by atoms with E-state index in [1.54, 1.807) is 12.3 Å². The Morgan fingerprint density at radius 3 is 2.67 bits per heavy atom. The minimum atomic E-state index is -4.60. The van der Waals surface area contributed by atoms with E-state index in [4.69, 9.17) is 17.0 Å². The van der Waals surface area contributed by atoms with E-state index in [1.807, 2.05) is 0 Å². The van der Waals surface area contributed by atoms with Gasteiger partial charge in [-0.05, 0) is 25.1 Å². The Kier molecular flexibility index (Phi) is 4.05. The maximum absolute atomic E-state index is 13.0. The number of nitrogens with one attached hydrogen (secondary N) is 1. The third-order valence-corrected chi connectivity index (χ3v) is 4.81. The number of aliphatic hydroxyl groups is 1. The lowest BCUT2D eigenvalue weighted by Gasteiger charge is -2.20. The molecule has 0 atom stereocenters. The van der Waals surface area contributed by atoms with Gasteiger partial charge in [0.1, 0.15) is 16.6 Å². The van der Waals surface area contributed by atoms with Crippen LogP contribution >= 0.6 is 22.9 Å². The lowest BCUT2D eigenvalue weighted by molar-refractivity contribution is -0.137. The quantitative estimate of drug-likeness (QED) is 0.787. The molecule has 2 aromatic rings. The van der Waals surface area contributed by atoms with Crippen molar-refractivity contribution in [2.24, 2.45) is 0 Å². The van der Waals surface area contributed by atoms with Crippen LogP contribution in [-0.4, -0.2) is 22.5 Å². The van der Waals surface area contributed by atoms with Crippen LogP contribution in [0.15, 0.2) is 29.3 Å². The van der Waals surface area contributed by atoms with E-state index < -0.39 is 16.8 Å². The molecule has 126 valence electrons. The monoisotopic (exact) mass is 373 g/mol. The Morgan fingerprint density at radius 1 is 1.38 bits per heavy atom. The Morgan fingerprint density at radius 2 is 2.08 bits per heavy atom. The molecule has 24 heavy (non-hydrogen) atoms. The number of benzene rings is 1. The lowest BCUT2D eigenvalue weighted by Crippen LogP contribution is -2.26. The van der Waals surface area contributed by atoms with Gasteiger partial charge in [0.25, 0.3) is 0 Å². The Balaban J connectivity index is 1.98. The van der Waals surface area contributed by atoms with Gasteiger partial charge in [-0.2, -0.15) is 13.2 Å². The van der Waals surface area contributed by atoms with Crippen LogP contribution in [0.2, 0.25) is 5.02 Å². The minimum Gasteiger partial charge on any atom is -0.510 e. The number of hydrogen-bond donors (Lipinski definition) is 2. The third kappa shape index (κ3) is 2.87. The molecule has 2 heterocycles. The molecular formula is C15H11ClF3N3OS. The number of aliphatic hydroxyl groups excluding tert-OH is 1. The summed E-state index contributed by atoms with van der Waals surface area (Å²) in [6, 6.07) is 3.39. The molecule has 4 nitrogen and oxygen atoms in total. The molecule has 1 aromatic heterocycles. The van der Waals surface area contributed by atoms with E-state index >= 15 is 0 Å².